The van der Waals surface area contributed by atoms with Gasteiger partial charge >= 0.3 is 5.97 Å². The maximum absolute atomic E-state index is 12.4. The smallest absolute Gasteiger partial charge is 0.306 e. The topological polar surface area (TPSA) is 35.5 Å². The molecule has 1 aliphatic carbocycles. The van der Waals surface area contributed by atoms with Gasteiger partial charge in [0.2, 0.25) is 0 Å². The molecule has 0 aromatic rings. The number of carbonyl (C=O) groups excluding carboxylic acids is 1. The third-order valence-electron chi connectivity index (χ3n) is 7.77. The van der Waals surface area contributed by atoms with E-state index in [0.717, 1.165) is 38.5 Å². The van der Waals surface area contributed by atoms with E-state index in [1.165, 1.54) is 50.5 Å². The number of hydrogen-bond acceptors (Lipinski definition) is 3. The number of unbranched alkanes of at least 4 members (excludes halogenated alkanes) is 8. The predicted octanol–water partition coefficient (Wildman–Crippen LogP) is 9.70. The molecule has 1 saturated carbocycles. The lowest BCUT2D eigenvalue weighted by atomic mass is 10.0. The standard InChI is InChI=1S/C31H56O3Si/c1-8-9-10-11-12-13-14-15-16-17-18-19-20-21-22-23-30(32)34-29-25-24-27(2)28(29)26-33-35(6,7)31(3,4)5/h12-13,15-16,28-29H,2,8-11,14,17-26H2,1,3-7H3. The highest BCUT2D eigenvalue weighted by Crippen LogP contribution is 2.39. The van der Waals surface area contributed by atoms with Crippen molar-refractivity contribution in [3.8, 4) is 0 Å². The van der Waals surface area contributed by atoms with Gasteiger partial charge in [0, 0.05) is 18.9 Å². The van der Waals surface area contributed by atoms with Crippen molar-refractivity contribution in [2.45, 2.75) is 142 Å². The Morgan fingerprint density at radius 1 is 0.971 bits per heavy atom. The Morgan fingerprint density at radius 3 is 2.20 bits per heavy atom. The minimum Gasteiger partial charge on any atom is -0.462 e. The molecular formula is C31H56O3Si. The maximum Gasteiger partial charge on any atom is 0.306 e. The SMILES string of the molecule is C=C1CCC(OC(=O)CCCCCCCC=CCC=CCCCCC)C1CO[Si](C)(C)C(C)(C)C. The van der Waals surface area contributed by atoms with Gasteiger partial charge in [-0.15, -0.1) is 0 Å². The van der Waals surface area contributed by atoms with E-state index >= 15 is 0 Å². The summed E-state index contributed by atoms with van der Waals surface area (Å²) in [6, 6.07) is 0. The predicted molar refractivity (Wildman–Crippen MR) is 154 cm³/mol. The zero-order valence-electron chi connectivity index (χ0n) is 24.0. The highest BCUT2D eigenvalue weighted by atomic mass is 28.4. The molecule has 0 aliphatic heterocycles. The minimum absolute atomic E-state index is 0.0484. The molecule has 202 valence electrons. The molecule has 1 rings (SSSR count). The minimum atomic E-state index is -1.82. The van der Waals surface area contributed by atoms with Gasteiger partial charge in [-0.05, 0) is 69.5 Å². The second kappa shape index (κ2) is 17.3. The molecule has 0 amide bonds. The van der Waals surface area contributed by atoms with E-state index in [1.54, 1.807) is 0 Å². The van der Waals surface area contributed by atoms with Crippen LogP contribution in [0.5, 0.6) is 0 Å². The van der Waals surface area contributed by atoms with Crippen LogP contribution in [-0.2, 0) is 14.0 Å². The van der Waals surface area contributed by atoms with Crippen molar-refractivity contribution in [3.63, 3.8) is 0 Å². The summed E-state index contributed by atoms with van der Waals surface area (Å²) in [4.78, 5) is 12.4. The Morgan fingerprint density at radius 2 is 1.57 bits per heavy atom. The van der Waals surface area contributed by atoms with Crippen LogP contribution in [0.3, 0.4) is 0 Å². The van der Waals surface area contributed by atoms with Crippen molar-refractivity contribution in [2.24, 2.45) is 5.92 Å². The summed E-state index contributed by atoms with van der Waals surface area (Å²) in [6.07, 6.45) is 24.6. The molecule has 1 fully saturated rings. The number of carbonyl (C=O) groups is 1. The van der Waals surface area contributed by atoms with Crippen molar-refractivity contribution in [3.05, 3.63) is 36.5 Å². The van der Waals surface area contributed by atoms with Gasteiger partial charge in [-0.2, -0.15) is 0 Å². The molecule has 0 saturated heterocycles. The summed E-state index contributed by atoms with van der Waals surface area (Å²) >= 11 is 0. The van der Waals surface area contributed by atoms with Gasteiger partial charge in [-0.1, -0.05) is 96.3 Å². The number of ether oxygens (including phenoxy) is 1. The first-order valence-corrected chi connectivity index (χ1v) is 17.3. The van der Waals surface area contributed by atoms with Crippen LogP contribution in [0.25, 0.3) is 0 Å². The number of rotatable bonds is 18. The average Bonchev–Trinajstić information content (AvgIpc) is 3.13. The van der Waals surface area contributed by atoms with E-state index in [1.807, 2.05) is 0 Å². The number of esters is 1. The molecule has 0 spiro atoms. The largest absolute Gasteiger partial charge is 0.462 e. The average molecular weight is 505 g/mol. The van der Waals surface area contributed by atoms with Gasteiger partial charge in [-0.25, -0.2) is 0 Å². The number of allylic oxidation sites excluding steroid dienone is 4. The zero-order valence-corrected chi connectivity index (χ0v) is 25.0. The highest BCUT2D eigenvalue weighted by molar-refractivity contribution is 6.74. The lowest BCUT2D eigenvalue weighted by Gasteiger charge is -2.37. The fourth-order valence-electron chi connectivity index (χ4n) is 4.17. The van der Waals surface area contributed by atoms with Gasteiger partial charge < -0.3 is 9.16 Å². The fourth-order valence-corrected chi connectivity index (χ4v) is 5.20. The summed E-state index contributed by atoms with van der Waals surface area (Å²) in [5, 5.41) is 0.181. The summed E-state index contributed by atoms with van der Waals surface area (Å²) in [6.45, 7) is 18.4. The molecule has 0 heterocycles. The summed E-state index contributed by atoms with van der Waals surface area (Å²) < 4.78 is 12.3. The van der Waals surface area contributed by atoms with Gasteiger partial charge in [0.05, 0.1) is 0 Å². The second-order valence-corrected chi connectivity index (χ2v) is 16.7. The number of hydrogen-bond donors (Lipinski definition) is 0. The van der Waals surface area contributed by atoms with Crippen LogP contribution in [-0.4, -0.2) is 27.0 Å². The Balaban J connectivity index is 2.13. The van der Waals surface area contributed by atoms with E-state index in [4.69, 9.17) is 9.16 Å². The normalized spacial score (nSPS) is 19.3. The fraction of sp³-hybridized carbons (Fsp3) is 0.774. The van der Waals surface area contributed by atoms with E-state index in [0.29, 0.717) is 13.0 Å². The summed E-state index contributed by atoms with van der Waals surface area (Å²) in [5.74, 6) is 0.102. The van der Waals surface area contributed by atoms with E-state index < -0.39 is 8.32 Å². The first-order valence-electron chi connectivity index (χ1n) is 14.4. The molecule has 35 heavy (non-hydrogen) atoms. The van der Waals surface area contributed by atoms with Crippen LogP contribution >= 0.6 is 0 Å². The monoisotopic (exact) mass is 504 g/mol. The molecule has 3 nitrogen and oxygen atoms in total. The second-order valence-electron chi connectivity index (χ2n) is 11.9. The van der Waals surface area contributed by atoms with Crippen LogP contribution in [0.4, 0.5) is 0 Å². The third-order valence-corrected chi connectivity index (χ3v) is 12.3. The van der Waals surface area contributed by atoms with Crippen LogP contribution in [0.15, 0.2) is 36.5 Å². The lowest BCUT2D eigenvalue weighted by Crippen LogP contribution is -2.43. The van der Waals surface area contributed by atoms with Crippen molar-refractivity contribution < 1.29 is 14.0 Å². The molecule has 0 bridgehead atoms. The first-order chi connectivity index (χ1) is 16.6. The molecule has 2 atom stereocenters. The first kappa shape index (κ1) is 31.9. The van der Waals surface area contributed by atoms with Crippen molar-refractivity contribution in [1.82, 2.24) is 0 Å². The molecular weight excluding hydrogens is 448 g/mol. The third kappa shape index (κ3) is 13.7. The Labute approximate surface area is 219 Å². The Kier molecular flexibility index (Phi) is 15.8. The van der Waals surface area contributed by atoms with E-state index in [2.05, 4.69) is 71.7 Å². The molecule has 2 unspecified atom stereocenters. The van der Waals surface area contributed by atoms with E-state index in [-0.39, 0.29) is 23.0 Å². The summed E-state index contributed by atoms with van der Waals surface area (Å²) in [5.41, 5.74) is 1.18. The van der Waals surface area contributed by atoms with Gasteiger partial charge in [0.1, 0.15) is 6.10 Å². The van der Waals surface area contributed by atoms with Crippen molar-refractivity contribution in [1.29, 1.82) is 0 Å². The van der Waals surface area contributed by atoms with Gasteiger partial charge in [-0.3, -0.25) is 4.79 Å². The van der Waals surface area contributed by atoms with Crippen LogP contribution in [0.1, 0.15) is 118 Å². The van der Waals surface area contributed by atoms with Crippen molar-refractivity contribution in [2.75, 3.05) is 6.61 Å². The van der Waals surface area contributed by atoms with E-state index in [9.17, 15) is 4.79 Å². The molecule has 0 radical (unpaired) electrons. The Bertz CT molecular complexity index is 657. The lowest BCUT2D eigenvalue weighted by molar-refractivity contribution is -0.151. The molecule has 4 heteroatoms. The highest BCUT2D eigenvalue weighted by Gasteiger charge is 2.40. The van der Waals surface area contributed by atoms with Crippen LogP contribution in [0, 0.1) is 5.92 Å². The molecule has 0 aromatic heterocycles. The van der Waals surface area contributed by atoms with Crippen LogP contribution < -0.4 is 0 Å². The zero-order chi connectivity index (χ0) is 26.2. The summed E-state index contributed by atoms with van der Waals surface area (Å²) in [7, 11) is -1.82. The van der Waals surface area contributed by atoms with Crippen molar-refractivity contribution >= 4 is 14.3 Å². The van der Waals surface area contributed by atoms with Crippen LogP contribution in [0.2, 0.25) is 18.1 Å². The van der Waals surface area contributed by atoms with Gasteiger partial charge in [0.25, 0.3) is 0 Å². The molecule has 1 aliphatic rings. The molecule has 0 aromatic carbocycles. The maximum atomic E-state index is 12.4. The Hall–Kier alpha value is -1.13. The quantitative estimate of drug-likeness (QED) is 0.0806. The van der Waals surface area contributed by atoms with Gasteiger partial charge in [0.15, 0.2) is 8.32 Å². The molecule has 0 N–H and O–H groups in total.